The van der Waals surface area contributed by atoms with Gasteiger partial charge in [0.25, 0.3) is 0 Å². The quantitative estimate of drug-likeness (QED) is 0.0655. The first kappa shape index (κ1) is 65.1. The summed E-state index contributed by atoms with van der Waals surface area (Å²) in [7, 11) is 1.43. The van der Waals surface area contributed by atoms with Crippen molar-refractivity contribution in [1.82, 2.24) is 0 Å². The molecule has 0 radical (unpaired) electrons. The molecule has 0 aliphatic rings. The molecule has 4 atom stereocenters. The fourth-order valence-corrected chi connectivity index (χ4v) is 3.98. The molecule has 0 heterocycles. The molecule has 1 aromatic rings. The van der Waals surface area contributed by atoms with Crippen LogP contribution in [0.15, 0.2) is 36.4 Å². The molecule has 10 heteroatoms. The second kappa shape index (κ2) is 38.5. The van der Waals surface area contributed by atoms with Gasteiger partial charge in [-0.2, -0.15) is 0 Å². The highest BCUT2D eigenvalue weighted by molar-refractivity contribution is 5.77. The molecule has 0 aliphatic carbocycles. The zero-order valence-corrected chi connectivity index (χ0v) is 25.6. The number of carbonyl (C=O) groups is 4. The van der Waals surface area contributed by atoms with Gasteiger partial charge in [-0.25, -0.2) is 4.39 Å². The van der Waals surface area contributed by atoms with Crippen LogP contribution in [0.25, 0.3) is 0 Å². The van der Waals surface area contributed by atoms with E-state index in [9.17, 15) is 23.6 Å². The SMILES string of the molecule is C.C.C.C.C.C.C.C.CCCC=CCC(CC(C)=O)OC(=O)CC(CCCC)OC(=O)CC(C)OC(=O)CC(COc1ccc(F)cc1)OC. The van der Waals surface area contributed by atoms with E-state index in [-0.39, 0.29) is 103 Å². The summed E-state index contributed by atoms with van der Waals surface area (Å²) in [6.07, 6.45) is 5.36. The number of hydrogen-bond donors (Lipinski definition) is 0. The van der Waals surface area contributed by atoms with E-state index in [0.717, 1.165) is 25.7 Å². The van der Waals surface area contributed by atoms with Crippen molar-refractivity contribution in [2.45, 2.75) is 176 Å². The van der Waals surface area contributed by atoms with Gasteiger partial charge in [-0.15, -0.1) is 0 Å². The monoisotopic (exact) mass is 723 g/mol. The Morgan fingerprint density at radius 1 is 0.700 bits per heavy atom. The minimum Gasteiger partial charge on any atom is -0.491 e. The molecule has 0 spiro atoms. The molecule has 300 valence electrons. The van der Waals surface area contributed by atoms with Gasteiger partial charge in [0, 0.05) is 20.0 Å². The second-order valence-corrected chi connectivity index (χ2v) is 10.3. The summed E-state index contributed by atoms with van der Waals surface area (Å²) in [5.41, 5.74) is 0. The fraction of sp³-hybridized carbons (Fsp3) is 0.700. The Morgan fingerprint density at radius 2 is 1.22 bits per heavy atom. The van der Waals surface area contributed by atoms with E-state index in [1.807, 2.05) is 19.1 Å². The highest BCUT2D eigenvalue weighted by Crippen LogP contribution is 2.16. The van der Waals surface area contributed by atoms with Crippen molar-refractivity contribution >= 4 is 23.7 Å². The minimum absolute atomic E-state index is 0. The number of esters is 3. The topological polar surface area (TPSA) is 114 Å². The van der Waals surface area contributed by atoms with Crippen molar-refractivity contribution in [3.8, 4) is 5.75 Å². The Morgan fingerprint density at radius 3 is 1.74 bits per heavy atom. The lowest BCUT2D eigenvalue weighted by atomic mass is 10.1. The van der Waals surface area contributed by atoms with Crippen LogP contribution in [0, 0.1) is 5.82 Å². The Kier molecular flexibility index (Phi) is 50.2. The van der Waals surface area contributed by atoms with E-state index >= 15 is 0 Å². The van der Waals surface area contributed by atoms with Crippen LogP contribution in [0.4, 0.5) is 4.39 Å². The van der Waals surface area contributed by atoms with Crippen molar-refractivity contribution in [1.29, 1.82) is 0 Å². The predicted octanol–water partition coefficient (Wildman–Crippen LogP) is 11.1. The maximum Gasteiger partial charge on any atom is 0.309 e. The van der Waals surface area contributed by atoms with E-state index in [1.54, 1.807) is 6.92 Å². The number of ether oxygens (including phenoxy) is 5. The summed E-state index contributed by atoms with van der Waals surface area (Å²) in [6.45, 7) is 7.12. The van der Waals surface area contributed by atoms with Gasteiger partial charge in [0.1, 0.15) is 48.4 Å². The number of hydrogen-bond acceptors (Lipinski definition) is 9. The molecule has 0 saturated heterocycles. The van der Waals surface area contributed by atoms with Crippen molar-refractivity contribution in [2.24, 2.45) is 0 Å². The molecule has 0 N–H and O–H groups in total. The Balaban J connectivity index is -0.000000367. The van der Waals surface area contributed by atoms with Gasteiger partial charge in [0.05, 0.1) is 19.3 Å². The van der Waals surface area contributed by atoms with Crippen molar-refractivity contribution in [3.63, 3.8) is 0 Å². The van der Waals surface area contributed by atoms with Gasteiger partial charge in [-0.1, -0.05) is 105 Å². The summed E-state index contributed by atoms with van der Waals surface area (Å²) in [5, 5.41) is 0. The maximum atomic E-state index is 13.0. The van der Waals surface area contributed by atoms with Crippen LogP contribution in [0.5, 0.6) is 5.75 Å². The number of methoxy groups -OCH3 is 1. The number of halogens is 1. The van der Waals surface area contributed by atoms with Crippen molar-refractivity contribution < 1.29 is 47.3 Å². The average molecular weight is 723 g/mol. The van der Waals surface area contributed by atoms with Gasteiger partial charge in [-0.3, -0.25) is 19.2 Å². The molecule has 4 unspecified atom stereocenters. The molecule has 0 bridgehead atoms. The number of rotatable bonds is 22. The third-order valence-electron chi connectivity index (χ3n) is 6.17. The standard InChI is InChI=1S/C32H47FO9.8CH4/c1-6-8-10-11-13-27(18-23(3)34)41-32(37)20-28(12-9-7-2)42-30(35)19-24(4)40-31(36)21-29(38-5)22-39-26-16-14-25(33)15-17-26;;;;;;;;/h10-11,14-17,24,27-29H,6-9,12-13,18-22H2,1-5H3;8*1H4. The first-order valence-electron chi connectivity index (χ1n) is 14.7. The van der Waals surface area contributed by atoms with Crippen LogP contribution in [0.3, 0.4) is 0 Å². The maximum absolute atomic E-state index is 13.0. The van der Waals surface area contributed by atoms with Crippen LogP contribution in [0.2, 0.25) is 0 Å². The lowest BCUT2D eigenvalue weighted by Crippen LogP contribution is -2.29. The highest BCUT2D eigenvalue weighted by atomic mass is 19.1. The lowest BCUT2D eigenvalue weighted by Gasteiger charge is -2.21. The Labute approximate surface area is 308 Å². The number of carbonyl (C=O) groups excluding carboxylic acids is 4. The van der Waals surface area contributed by atoms with E-state index in [0.29, 0.717) is 18.6 Å². The largest absolute Gasteiger partial charge is 0.491 e. The van der Waals surface area contributed by atoms with Crippen molar-refractivity contribution in [2.75, 3.05) is 13.7 Å². The normalized spacial score (nSPS) is 11.8. The molecule has 1 rings (SSSR count). The summed E-state index contributed by atoms with van der Waals surface area (Å²) in [6, 6.07) is 5.47. The molecule has 9 nitrogen and oxygen atoms in total. The molecule has 0 aliphatic heterocycles. The minimum atomic E-state index is -0.769. The summed E-state index contributed by atoms with van der Waals surface area (Å²) in [4.78, 5) is 49.4. The number of benzene rings is 1. The molecule has 50 heavy (non-hydrogen) atoms. The fourth-order valence-electron chi connectivity index (χ4n) is 3.98. The lowest BCUT2D eigenvalue weighted by molar-refractivity contribution is -0.161. The number of ketones is 1. The third-order valence-corrected chi connectivity index (χ3v) is 6.17. The van der Waals surface area contributed by atoms with Gasteiger partial charge in [0.2, 0.25) is 0 Å². The summed E-state index contributed by atoms with van der Waals surface area (Å²) in [5.74, 6) is -1.75. The first-order valence-corrected chi connectivity index (χ1v) is 14.7. The Hall–Kier alpha value is -3.27. The van der Waals surface area contributed by atoms with Crippen LogP contribution < -0.4 is 4.74 Å². The van der Waals surface area contributed by atoms with E-state index in [1.165, 1.54) is 38.3 Å². The van der Waals surface area contributed by atoms with Gasteiger partial charge in [0.15, 0.2) is 0 Å². The van der Waals surface area contributed by atoms with Crippen LogP contribution in [0.1, 0.15) is 151 Å². The molecule has 0 saturated carbocycles. The second-order valence-electron chi connectivity index (χ2n) is 10.3. The Bertz CT molecular complexity index is 980. The number of unbranched alkanes of at least 4 members (excludes halogenated alkanes) is 2. The van der Waals surface area contributed by atoms with E-state index in [4.69, 9.17) is 23.7 Å². The van der Waals surface area contributed by atoms with Gasteiger partial charge >= 0.3 is 17.9 Å². The smallest absolute Gasteiger partial charge is 0.309 e. The molecular formula is C40H79FO9. The van der Waals surface area contributed by atoms with E-state index in [2.05, 4.69) is 6.92 Å². The zero-order valence-electron chi connectivity index (χ0n) is 25.6. The van der Waals surface area contributed by atoms with Crippen LogP contribution >= 0.6 is 0 Å². The number of Topliss-reactive ketones (excluding diaryl/α,β-unsaturated/α-hetero) is 1. The zero-order chi connectivity index (χ0) is 31.3. The first-order chi connectivity index (χ1) is 20.1. The van der Waals surface area contributed by atoms with Crippen LogP contribution in [-0.2, 0) is 38.1 Å². The van der Waals surface area contributed by atoms with Crippen molar-refractivity contribution in [3.05, 3.63) is 42.2 Å². The molecule has 0 amide bonds. The predicted molar refractivity (Wildman–Crippen MR) is 209 cm³/mol. The number of allylic oxidation sites excluding steroid dienone is 1. The molecule has 1 aromatic carbocycles. The summed E-state index contributed by atoms with van der Waals surface area (Å²) >= 11 is 0. The van der Waals surface area contributed by atoms with Gasteiger partial charge in [-0.05, 0) is 51.0 Å². The molecular weight excluding hydrogens is 643 g/mol. The van der Waals surface area contributed by atoms with Crippen LogP contribution in [-0.4, -0.2) is 61.8 Å². The molecule has 0 fully saturated rings. The third kappa shape index (κ3) is 32.0. The highest BCUT2D eigenvalue weighted by Gasteiger charge is 2.24. The summed E-state index contributed by atoms with van der Waals surface area (Å²) < 4.78 is 40.3. The molecule has 0 aromatic heterocycles. The van der Waals surface area contributed by atoms with Gasteiger partial charge < -0.3 is 23.7 Å². The average Bonchev–Trinajstić information content (AvgIpc) is 2.92. The van der Waals surface area contributed by atoms with E-state index < -0.39 is 42.3 Å².